The Morgan fingerprint density at radius 3 is 2.60 bits per heavy atom. The van der Waals surface area contributed by atoms with E-state index in [1.54, 1.807) is 0 Å². The molecular weight excluding hydrogens is 204 g/mol. The van der Waals surface area contributed by atoms with Gasteiger partial charge in [-0.15, -0.1) is 0 Å². The lowest BCUT2D eigenvalue weighted by atomic mass is 9.95. The van der Waals surface area contributed by atoms with Crippen LogP contribution >= 0.6 is 11.8 Å². The van der Waals surface area contributed by atoms with Crippen LogP contribution < -0.4 is 5.73 Å². The molecule has 1 atom stereocenters. The van der Waals surface area contributed by atoms with Crippen LogP contribution in [0.1, 0.15) is 33.1 Å². The Labute approximate surface area is 98.0 Å². The first-order chi connectivity index (χ1) is 7.18. The average Bonchev–Trinajstić information content (AvgIpc) is 2.92. The summed E-state index contributed by atoms with van der Waals surface area (Å²) in [6.07, 6.45) is 4.11. The largest absolute Gasteiger partial charge is 0.329 e. The molecule has 1 heterocycles. The van der Waals surface area contributed by atoms with Crippen molar-refractivity contribution in [2.45, 2.75) is 44.7 Å². The molecule has 0 bridgehead atoms. The molecule has 0 aromatic heterocycles. The number of thioether (sulfide) groups is 1. The highest BCUT2D eigenvalue weighted by Crippen LogP contribution is 2.40. The van der Waals surface area contributed by atoms with Crippen molar-refractivity contribution in [3.63, 3.8) is 0 Å². The fraction of sp³-hybridized carbons (Fsp3) is 1.00. The van der Waals surface area contributed by atoms with Gasteiger partial charge in [-0.05, 0) is 30.9 Å². The van der Waals surface area contributed by atoms with Crippen LogP contribution in [0.2, 0.25) is 0 Å². The van der Waals surface area contributed by atoms with Crippen LogP contribution in [0.25, 0.3) is 0 Å². The molecule has 2 nitrogen and oxygen atoms in total. The highest BCUT2D eigenvalue weighted by Gasteiger charge is 2.45. The first-order valence-corrected chi connectivity index (χ1v) is 7.38. The molecule has 0 radical (unpaired) electrons. The standard InChI is InChI=1S/C12H24N2S/c1-10(2)7-14(11-3-4-11)12(8-13)5-6-15-9-12/h10-11H,3-9,13H2,1-2H3. The third-order valence-corrected chi connectivity index (χ3v) is 4.86. The van der Waals surface area contributed by atoms with Crippen LogP contribution in [-0.2, 0) is 0 Å². The minimum Gasteiger partial charge on any atom is -0.329 e. The summed E-state index contributed by atoms with van der Waals surface area (Å²) in [4.78, 5) is 2.75. The van der Waals surface area contributed by atoms with Gasteiger partial charge in [-0.3, -0.25) is 4.90 Å². The summed E-state index contributed by atoms with van der Waals surface area (Å²) in [7, 11) is 0. The summed E-state index contributed by atoms with van der Waals surface area (Å²) in [5.41, 5.74) is 6.40. The molecule has 2 aliphatic rings. The number of rotatable bonds is 5. The summed E-state index contributed by atoms with van der Waals surface area (Å²) in [6, 6.07) is 0.856. The molecule has 3 heteroatoms. The minimum absolute atomic E-state index is 0.343. The summed E-state index contributed by atoms with van der Waals surface area (Å²) in [6.45, 7) is 6.73. The van der Waals surface area contributed by atoms with E-state index in [2.05, 4.69) is 30.5 Å². The van der Waals surface area contributed by atoms with E-state index in [1.807, 2.05) is 0 Å². The second-order valence-corrected chi connectivity index (χ2v) is 6.61. The Bertz CT molecular complexity index is 208. The van der Waals surface area contributed by atoms with Crippen molar-refractivity contribution in [1.82, 2.24) is 4.90 Å². The Morgan fingerprint density at radius 2 is 2.20 bits per heavy atom. The van der Waals surface area contributed by atoms with Crippen molar-refractivity contribution in [3.8, 4) is 0 Å². The maximum atomic E-state index is 6.06. The van der Waals surface area contributed by atoms with Crippen molar-refractivity contribution < 1.29 is 0 Å². The second kappa shape index (κ2) is 4.64. The van der Waals surface area contributed by atoms with Gasteiger partial charge in [0.25, 0.3) is 0 Å². The summed E-state index contributed by atoms with van der Waals surface area (Å²) in [5.74, 6) is 3.32. The van der Waals surface area contributed by atoms with Gasteiger partial charge in [-0.2, -0.15) is 11.8 Å². The van der Waals surface area contributed by atoms with Gasteiger partial charge < -0.3 is 5.73 Å². The van der Waals surface area contributed by atoms with Gasteiger partial charge in [-0.25, -0.2) is 0 Å². The molecule has 1 saturated carbocycles. The van der Waals surface area contributed by atoms with Crippen LogP contribution in [0, 0.1) is 5.92 Å². The molecule has 2 N–H and O–H groups in total. The lowest BCUT2D eigenvalue weighted by molar-refractivity contribution is 0.0923. The normalized spacial score (nSPS) is 31.8. The average molecular weight is 228 g/mol. The van der Waals surface area contributed by atoms with Gasteiger partial charge >= 0.3 is 0 Å². The van der Waals surface area contributed by atoms with E-state index >= 15 is 0 Å². The van der Waals surface area contributed by atoms with Crippen molar-refractivity contribution in [3.05, 3.63) is 0 Å². The van der Waals surface area contributed by atoms with Crippen molar-refractivity contribution in [2.75, 3.05) is 24.6 Å². The molecular formula is C12H24N2S. The van der Waals surface area contributed by atoms with E-state index in [4.69, 9.17) is 5.73 Å². The number of hydrogen-bond donors (Lipinski definition) is 1. The summed E-state index contributed by atoms with van der Waals surface area (Å²) >= 11 is 2.08. The second-order valence-electron chi connectivity index (χ2n) is 5.51. The van der Waals surface area contributed by atoms with Gasteiger partial charge in [0.05, 0.1) is 0 Å². The fourth-order valence-electron chi connectivity index (χ4n) is 2.61. The molecule has 0 aromatic carbocycles. The zero-order valence-corrected chi connectivity index (χ0v) is 10.9. The molecule has 1 aliphatic heterocycles. The van der Waals surface area contributed by atoms with E-state index in [9.17, 15) is 0 Å². The zero-order valence-electron chi connectivity index (χ0n) is 10.0. The molecule has 0 amide bonds. The Kier molecular flexibility index (Phi) is 3.63. The van der Waals surface area contributed by atoms with Crippen LogP contribution in [-0.4, -0.2) is 41.1 Å². The highest BCUT2D eigenvalue weighted by molar-refractivity contribution is 7.99. The van der Waals surface area contributed by atoms with Crippen molar-refractivity contribution >= 4 is 11.8 Å². The van der Waals surface area contributed by atoms with Crippen LogP contribution in [0.5, 0.6) is 0 Å². The van der Waals surface area contributed by atoms with Crippen LogP contribution in [0.4, 0.5) is 0 Å². The maximum Gasteiger partial charge on any atom is 0.0432 e. The van der Waals surface area contributed by atoms with Gasteiger partial charge in [0.1, 0.15) is 0 Å². The summed E-state index contributed by atoms with van der Waals surface area (Å²) in [5, 5.41) is 0. The Balaban J connectivity index is 2.06. The predicted octanol–water partition coefficient (Wildman–Crippen LogP) is 1.94. The van der Waals surface area contributed by atoms with Crippen LogP contribution in [0.15, 0.2) is 0 Å². The first kappa shape index (κ1) is 11.7. The monoisotopic (exact) mass is 228 g/mol. The molecule has 1 saturated heterocycles. The topological polar surface area (TPSA) is 29.3 Å². The molecule has 1 aliphatic carbocycles. The van der Waals surface area contributed by atoms with Gasteiger partial charge in [0.2, 0.25) is 0 Å². The smallest absolute Gasteiger partial charge is 0.0432 e. The molecule has 2 rings (SSSR count). The third kappa shape index (κ3) is 2.51. The van der Waals surface area contributed by atoms with E-state index in [0.29, 0.717) is 5.54 Å². The molecule has 0 spiro atoms. The first-order valence-electron chi connectivity index (χ1n) is 6.22. The maximum absolute atomic E-state index is 6.06. The van der Waals surface area contributed by atoms with E-state index in [1.165, 1.54) is 37.3 Å². The predicted molar refractivity (Wildman–Crippen MR) is 68.3 cm³/mol. The SMILES string of the molecule is CC(C)CN(C1CC1)C1(CN)CCSC1. The number of nitrogens with zero attached hydrogens (tertiary/aromatic N) is 1. The zero-order chi connectivity index (χ0) is 10.9. The molecule has 1 unspecified atom stereocenters. The van der Waals surface area contributed by atoms with Crippen LogP contribution in [0.3, 0.4) is 0 Å². The van der Waals surface area contributed by atoms with Crippen molar-refractivity contribution in [2.24, 2.45) is 11.7 Å². The quantitative estimate of drug-likeness (QED) is 0.780. The van der Waals surface area contributed by atoms with Gasteiger partial charge in [0.15, 0.2) is 0 Å². The van der Waals surface area contributed by atoms with Gasteiger partial charge in [-0.1, -0.05) is 13.8 Å². The molecule has 0 aromatic rings. The minimum atomic E-state index is 0.343. The van der Waals surface area contributed by atoms with E-state index in [-0.39, 0.29) is 0 Å². The van der Waals surface area contributed by atoms with Crippen molar-refractivity contribution in [1.29, 1.82) is 0 Å². The van der Waals surface area contributed by atoms with E-state index < -0.39 is 0 Å². The lowest BCUT2D eigenvalue weighted by Gasteiger charge is -2.41. The van der Waals surface area contributed by atoms with Gasteiger partial charge in [0, 0.05) is 30.4 Å². The third-order valence-electron chi connectivity index (χ3n) is 3.62. The number of hydrogen-bond acceptors (Lipinski definition) is 3. The summed E-state index contributed by atoms with van der Waals surface area (Å²) < 4.78 is 0. The molecule has 15 heavy (non-hydrogen) atoms. The molecule has 2 fully saturated rings. The lowest BCUT2D eigenvalue weighted by Crippen LogP contribution is -2.56. The fourth-order valence-corrected chi connectivity index (χ4v) is 4.09. The molecule has 88 valence electrons. The highest BCUT2D eigenvalue weighted by atomic mass is 32.2. The van der Waals surface area contributed by atoms with E-state index in [0.717, 1.165) is 18.5 Å². The number of nitrogens with two attached hydrogens (primary N) is 1. The Hall–Kier alpha value is 0.270. The Morgan fingerprint density at radius 1 is 1.47 bits per heavy atom.